The van der Waals surface area contributed by atoms with Gasteiger partial charge in [0.2, 0.25) is 0 Å². The van der Waals surface area contributed by atoms with Gasteiger partial charge in [0.25, 0.3) is 0 Å². The first-order chi connectivity index (χ1) is 25.1. The average molecular weight is 669 g/mol. The van der Waals surface area contributed by atoms with Crippen LogP contribution in [0.4, 0.5) is 0 Å². The van der Waals surface area contributed by atoms with Crippen LogP contribution in [0.25, 0.3) is 97.4 Å². The third kappa shape index (κ3) is 4.03. The Bertz CT molecular complexity index is 2990. The first-order valence-electron chi connectivity index (χ1n) is 17.7. The van der Waals surface area contributed by atoms with Crippen LogP contribution in [0.5, 0.6) is 0 Å². The molecule has 8 aromatic carbocycles. The molecule has 240 valence electrons. The Morgan fingerprint density at radius 1 is 0.451 bits per heavy atom. The average Bonchev–Trinajstić information content (AvgIpc) is 3.82. The topological polar surface area (TPSA) is 13.1 Å². The van der Waals surface area contributed by atoms with Gasteiger partial charge in [0.1, 0.15) is 11.2 Å². The van der Waals surface area contributed by atoms with Gasteiger partial charge in [-0.2, -0.15) is 0 Å². The van der Waals surface area contributed by atoms with E-state index in [4.69, 9.17) is 4.42 Å². The van der Waals surface area contributed by atoms with Gasteiger partial charge in [0.15, 0.2) is 0 Å². The largest absolute Gasteiger partial charge is 0.456 e. The molecule has 51 heavy (non-hydrogen) atoms. The standard InChI is InChI=1S/C49H32OS/c1-49(2)40-27-26-31(28-39(40)48-47(49)37-17-8-10-21-43(37)51-48)29-22-24-30(25-23-29)44-32-12-3-5-14-34(32)45(35-15-6-4-13-33(35)44)38-18-11-20-42-46(38)36-16-7-9-19-41(36)50-42/h3-28H,1-2H3. The number of fused-ring (bicyclic) bond motifs is 10. The van der Waals surface area contributed by atoms with Crippen molar-refractivity contribution in [2.75, 3.05) is 0 Å². The molecule has 2 heterocycles. The summed E-state index contributed by atoms with van der Waals surface area (Å²) in [5.74, 6) is 0. The molecule has 0 radical (unpaired) electrons. The van der Waals surface area contributed by atoms with Gasteiger partial charge < -0.3 is 4.42 Å². The molecule has 10 aromatic rings. The van der Waals surface area contributed by atoms with E-state index in [2.05, 4.69) is 166 Å². The summed E-state index contributed by atoms with van der Waals surface area (Å²) in [6.45, 7) is 4.76. The molecule has 11 rings (SSSR count). The van der Waals surface area contributed by atoms with E-state index >= 15 is 0 Å². The van der Waals surface area contributed by atoms with E-state index in [1.807, 2.05) is 17.4 Å². The molecule has 0 bridgehead atoms. The summed E-state index contributed by atoms with van der Waals surface area (Å²) in [6, 6.07) is 57.9. The molecule has 2 aromatic heterocycles. The van der Waals surface area contributed by atoms with Crippen LogP contribution in [0, 0.1) is 0 Å². The minimum Gasteiger partial charge on any atom is -0.456 e. The first-order valence-corrected chi connectivity index (χ1v) is 18.5. The first kappa shape index (κ1) is 28.8. The number of rotatable bonds is 3. The lowest BCUT2D eigenvalue weighted by Gasteiger charge is -2.22. The molecule has 0 unspecified atom stereocenters. The summed E-state index contributed by atoms with van der Waals surface area (Å²) in [5.41, 5.74) is 13.5. The molecule has 0 amide bonds. The van der Waals surface area contributed by atoms with E-state index in [0.29, 0.717) is 0 Å². The van der Waals surface area contributed by atoms with Crippen LogP contribution in [0.3, 0.4) is 0 Å². The van der Waals surface area contributed by atoms with E-state index in [-0.39, 0.29) is 5.41 Å². The van der Waals surface area contributed by atoms with Gasteiger partial charge in [-0.15, -0.1) is 11.3 Å². The van der Waals surface area contributed by atoms with E-state index in [9.17, 15) is 0 Å². The molecule has 0 fully saturated rings. The molecule has 1 nitrogen and oxygen atoms in total. The quantitative estimate of drug-likeness (QED) is 0.171. The fourth-order valence-corrected chi connectivity index (χ4v) is 10.4. The lowest BCUT2D eigenvalue weighted by molar-refractivity contribution is 0.667. The zero-order valence-corrected chi connectivity index (χ0v) is 29.1. The van der Waals surface area contributed by atoms with Crippen LogP contribution >= 0.6 is 11.3 Å². The number of hydrogen-bond donors (Lipinski definition) is 0. The van der Waals surface area contributed by atoms with Crippen molar-refractivity contribution < 1.29 is 4.42 Å². The fourth-order valence-electron chi connectivity index (χ4n) is 8.99. The minimum absolute atomic E-state index is 0.0167. The lowest BCUT2D eigenvalue weighted by atomic mass is 9.81. The highest BCUT2D eigenvalue weighted by Gasteiger charge is 2.38. The normalized spacial score (nSPS) is 13.5. The second kappa shape index (κ2) is 10.5. The Labute approximate surface area is 300 Å². The van der Waals surface area contributed by atoms with Crippen LogP contribution in [0.2, 0.25) is 0 Å². The number of benzene rings is 8. The van der Waals surface area contributed by atoms with Crippen molar-refractivity contribution in [3.63, 3.8) is 0 Å². The van der Waals surface area contributed by atoms with E-state index in [1.165, 1.54) is 92.0 Å². The third-order valence-electron chi connectivity index (χ3n) is 11.3. The molecule has 0 aliphatic heterocycles. The predicted molar refractivity (Wildman–Crippen MR) is 218 cm³/mol. The Morgan fingerprint density at radius 2 is 1.02 bits per heavy atom. The van der Waals surface area contributed by atoms with Crippen LogP contribution in [-0.2, 0) is 5.41 Å². The van der Waals surface area contributed by atoms with E-state index < -0.39 is 0 Å². The lowest BCUT2D eigenvalue weighted by Crippen LogP contribution is -2.14. The minimum atomic E-state index is -0.0167. The Morgan fingerprint density at radius 3 is 1.75 bits per heavy atom. The number of hydrogen-bond acceptors (Lipinski definition) is 2. The molecule has 0 spiro atoms. The molecule has 0 saturated heterocycles. The molecular formula is C49H32OS. The number of furan rings is 1. The van der Waals surface area contributed by atoms with Gasteiger partial charge in [-0.25, -0.2) is 0 Å². The summed E-state index contributed by atoms with van der Waals surface area (Å²) < 4.78 is 7.72. The molecule has 0 saturated carbocycles. The highest BCUT2D eigenvalue weighted by molar-refractivity contribution is 7.22. The van der Waals surface area contributed by atoms with E-state index in [1.54, 1.807) is 0 Å². The van der Waals surface area contributed by atoms with Gasteiger partial charge in [0, 0.05) is 25.8 Å². The third-order valence-corrected chi connectivity index (χ3v) is 12.5. The smallest absolute Gasteiger partial charge is 0.136 e. The number of thiophene rings is 1. The monoisotopic (exact) mass is 668 g/mol. The Hall–Kier alpha value is -5.96. The zero-order valence-electron chi connectivity index (χ0n) is 28.3. The van der Waals surface area contributed by atoms with E-state index in [0.717, 1.165) is 16.6 Å². The zero-order chi connectivity index (χ0) is 33.8. The van der Waals surface area contributed by atoms with Crippen molar-refractivity contribution in [1.29, 1.82) is 0 Å². The molecular weight excluding hydrogens is 637 g/mol. The SMILES string of the molecule is CC1(C)c2ccc(-c3ccc(-c4c5ccccc5c(-c5cccc6oc7ccccc7c56)c5ccccc45)cc3)cc2-c2sc3ccccc3c21. The van der Waals surface area contributed by atoms with Gasteiger partial charge in [-0.05, 0) is 101 Å². The summed E-state index contributed by atoms with van der Waals surface area (Å²) in [4.78, 5) is 1.42. The van der Waals surface area contributed by atoms with Gasteiger partial charge >= 0.3 is 0 Å². The van der Waals surface area contributed by atoms with Crippen molar-refractivity contribution in [3.8, 4) is 43.8 Å². The summed E-state index contributed by atoms with van der Waals surface area (Å²) in [7, 11) is 0. The Balaban J connectivity index is 1.08. The second-order valence-electron chi connectivity index (χ2n) is 14.4. The van der Waals surface area contributed by atoms with Crippen molar-refractivity contribution >= 4 is 64.9 Å². The maximum atomic E-state index is 6.35. The predicted octanol–water partition coefficient (Wildman–Crippen LogP) is 14.4. The Kier molecular flexibility index (Phi) is 5.95. The fraction of sp³-hybridized carbons (Fsp3) is 0.0612. The van der Waals surface area contributed by atoms with Crippen LogP contribution in [-0.4, -0.2) is 0 Å². The highest BCUT2D eigenvalue weighted by atomic mass is 32.1. The molecule has 1 aliphatic rings. The highest BCUT2D eigenvalue weighted by Crippen LogP contribution is 2.56. The summed E-state index contributed by atoms with van der Waals surface area (Å²) in [5, 5.41) is 8.70. The van der Waals surface area contributed by atoms with Crippen molar-refractivity contribution in [1.82, 2.24) is 0 Å². The molecule has 0 N–H and O–H groups in total. The second-order valence-corrected chi connectivity index (χ2v) is 15.4. The number of para-hydroxylation sites is 1. The summed E-state index contributed by atoms with van der Waals surface area (Å²) >= 11 is 1.93. The molecule has 2 heteroatoms. The van der Waals surface area contributed by atoms with Crippen LogP contribution in [0.1, 0.15) is 25.0 Å². The molecule has 1 aliphatic carbocycles. The molecule has 0 atom stereocenters. The van der Waals surface area contributed by atoms with Gasteiger partial charge in [-0.1, -0.05) is 147 Å². The van der Waals surface area contributed by atoms with Crippen molar-refractivity contribution in [2.24, 2.45) is 0 Å². The summed E-state index contributed by atoms with van der Waals surface area (Å²) in [6.07, 6.45) is 0. The van der Waals surface area contributed by atoms with Crippen molar-refractivity contribution in [2.45, 2.75) is 19.3 Å². The van der Waals surface area contributed by atoms with Crippen LogP contribution in [0.15, 0.2) is 162 Å². The van der Waals surface area contributed by atoms with Gasteiger partial charge in [-0.3, -0.25) is 0 Å². The van der Waals surface area contributed by atoms with Gasteiger partial charge in [0.05, 0.1) is 0 Å². The maximum absolute atomic E-state index is 6.35. The van der Waals surface area contributed by atoms with Crippen molar-refractivity contribution in [3.05, 3.63) is 169 Å². The maximum Gasteiger partial charge on any atom is 0.136 e. The van der Waals surface area contributed by atoms with Crippen LogP contribution < -0.4 is 0 Å².